The number of nitrogens with one attached hydrogen (secondary N) is 1. The first kappa shape index (κ1) is 13.8. The average Bonchev–Trinajstić information content (AvgIpc) is 2.82. The Kier molecular flexibility index (Phi) is 3.71. The summed E-state index contributed by atoms with van der Waals surface area (Å²) in [5.74, 6) is 0. The van der Waals surface area contributed by atoms with Gasteiger partial charge in [-0.05, 0) is 31.5 Å². The number of fused-ring (bicyclic) bond motifs is 1. The molecule has 1 aromatic carbocycles. The molecule has 2 heterocycles. The van der Waals surface area contributed by atoms with Gasteiger partial charge in [-0.25, -0.2) is 0 Å². The lowest BCUT2D eigenvalue weighted by Crippen LogP contribution is -2.21. The molecule has 0 radical (unpaired) electrons. The monoisotopic (exact) mass is 280 g/mol. The van der Waals surface area contributed by atoms with Gasteiger partial charge >= 0.3 is 0 Å². The molecule has 1 unspecified atom stereocenters. The molecule has 0 saturated heterocycles. The number of hydrogen-bond donors (Lipinski definition) is 1. The molecule has 0 aliphatic carbocycles. The van der Waals surface area contributed by atoms with Crippen LogP contribution in [0.5, 0.6) is 0 Å². The molecule has 21 heavy (non-hydrogen) atoms. The van der Waals surface area contributed by atoms with Crippen molar-refractivity contribution < 1.29 is 0 Å². The van der Waals surface area contributed by atoms with Crippen LogP contribution in [0.15, 0.2) is 42.6 Å². The molecule has 0 fully saturated rings. The van der Waals surface area contributed by atoms with Crippen molar-refractivity contribution in [2.45, 2.75) is 19.4 Å². The van der Waals surface area contributed by atoms with E-state index in [-0.39, 0.29) is 6.04 Å². The lowest BCUT2D eigenvalue weighted by atomic mass is 10.0. The molecule has 3 rings (SSSR count). The first-order valence-electron chi connectivity index (χ1n) is 7.19. The highest BCUT2D eigenvalue weighted by atomic mass is 15.3. The number of aryl methyl sites for hydroxylation is 2. The van der Waals surface area contributed by atoms with Gasteiger partial charge in [-0.3, -0.25) is 9.67 Å². The maximum Gasteiger partial charge on any atom is 0.0655 e. The van der Waals surface area contributed by atoms with E-state index in [4.69, 9.17) is 0 Å². The van der Waals surface area contributed by atoms with Crippen molar-refractivity contribution in [3.8, 4) is 0 Å². The van der Waals surface area contributed by atoms with E-state index in [1.54, 1.807) is 0 Å². The fraction of sp³-hybridized carbons (Fsp3) is 0.294. The van der Waals surface area contributed by atoms with Crippen LogP contribution in [0.1, 0.15) is 23.1 Å². The van der Waals surface area contributed by atoms with E-state index in [1.165, 1.54) is 16.5 Å². The summed E-state index contributed by atoms with van der Waals surface area (Å²) in [7, 11) is 3.98. The highest BCUT2D eigenvalue weighted by Crippen LogP contribution is 2.24. The first-order chi connectivity index (χ1) is 10.2. The van der Waals surface area contributed by atoms with Crippen LogP contribution in [0.3, 0.4) is 0 Å². The second-order valence-electron chi connectivity index (χ2n) is 5.36. The van der Waals surface area contributed by atoms with Crippen LogP contribution in [0.2, 0.25) is 0 Å². The van der Waals surface area contributed by atoms with Gasteiger partial charge in [0.1, 0.15) is 0 Å². The molecule has 4 heteroatoms. The zero-order valence-corrected chi connectivity index (χ0v) is 12.7. The molecule has 0 bridgehead atoms. The van der Waals surface area contributed by atoms with Crippen molar-refractivity contribution in [1.82, 2.24) is 20.1 Å². The van der Waals surface area contributed by atoms with Crippen LogP contribution >= 0.6 is 0 Å². The minimum absolute atomic E-state index is 0.172. The van der Waals surface area contributed by atoms with Crippen molar-refractivity contribution in [3.63, 3.8) is 0 Å². The number of benzene rings is 1. The molecule has 4 nitrogen and oxygen atoms in total. The van der Waals surface area contributed by atoms with Crippen LogP contribution in [0.4, 0.5) is 0 Å². The highest BCUT2D eigenvalue weighted by molar-refractivity contribution is 5.84. The Morgan fingerprint density at radius 3 is 2.76 bits per heavy atom. The van der Waals surface area contributed by atoms with Gasteiger partial charge in [0.15, 0.2) is 0 Å². The summed E-state index contributed by atoms with van der Waals surface area (Å²) in [5, 5.41) is 10.2. The molecule has 1 N–H and O–H groups in total. The van der Waals surface area contributed by atoms with E-state index in [9.17, 15) is 0 Å². The Morgan fingerprint density at radius 2 is 2.05 bits per heavy atom. The van der Waals surface area contributed by atoms with E-state index >= 15 is 0 Å². The first-order valence-corrected chi connectivity index (χ1v) is 7.19. The standard InChI is InChI=1S/C17H20N4/c1-12-10-14(21(3)20-12)11-16(18-2)17-15-7-5-4-6-13(15)8-9-19-17/h4-10,16,18H,11H2,1-3H3. The predicted octanol–water partition coefficient (Wildman–Crippen LogP) is 2.78. The summed E-state index contributed by atoms with van der Waals surface area (Å²) >= 11 is 0. The lowest BCUT2D eigenvalue weighted by molar-refractivity contribution is 0.553. The molecule has 0 saturated carbocycles. The van der Waals surface area contributed by atoms with E-state index in [0.29, 0.717) is 0 Å². The minimum Gasteiger partial charge on any atom is -0.311 e. The number of aromatic nitrogens is 3. The van der Waals surface area contributed by atoms with Crippen LogP contribution in [0, 0.1) is 6.92 Å². The third kappa shape index (κ3) is 2.67. The third-order valence-corrected chi connectivity index (χ3v) is 3.90. The molecule has 0 aliphatic rings. The predicted molar refractivity (Wildman–Crippen MR) is 85.2 cm³/mol. The second kappa shape index (κ2) is 5.66. The van der Waals surface area contributed by atoms with E-state index in [0.717, 1.165) is 17.8 Å². The van der Waals surface area contributed by atoms with Crippen molar-refractivity contribution >= 4 is 10.8 Å². The lowest BCUT2D eigenvalue weighted by Gasteiger charge is -2.17. The molecule has 108 valence electrons. The third-order valence-electron chi connectivity index (χ3n) is 3.90. The number of hydrogen-bond acceptors (Lipinski definition) is 3. The summed E-state index contributed by atoms with van der Waals surface area (Å²) in [4.78, 5) is 4.62. The van der Waals surface area contributed by atoms with Gasteiger partial charge in [-0.1, -0.05) is 24.3 Å². The Balaban J connectivity index is 2.00. The van der Waals surface area contributed by atoms with Gasteiger partial charge in [-0.15, -0.1) is 0 Å². The summed E-state index contributed by atoms with van der Waals surface area (Å²) in [6.07, 6.45) is 2.76. The van der Waals surface area contributed by atoms with Crippen molar-refractivity contribution in [1.29, 1.82) is 0 Å². The minimum atomic E-state index is 0.172. The van der Waals surface area contributed by atoms with Crippen LogP contribution in [-0.4, -0.2) is 21.8 Å². The Bertz CT molecular complexity index is 755. The Labute approximate surface area is 124 Å². The fourth-order valence-electron chi connectivity index (χ4n) is 2.82. The van der Waals surface area contributed by atoms with E-state index in [2.05, 4.69) is 51.8 Å². The molecule has 0 amide bonds. The Hall–Kier alpha value is -2.20. The number of rotatable bonds is 4. The van der Waals surface area contributed by atoms with Crippen molar-refractivity contribution in [2.24, 2.45) is 7.05 Å². The van der Waals surface area contributed by atoms with E-state index < -0.39 is 0 Å². The van der Waals surface area contributed by atoms with Gasteiger partial charge in [0.2, 0.25) is 0 Å². The molecule has 3 aromatic rings. The number of nitrogens with zero attached hydrogens (tertiary/aromatic N) is 3. The Morgan fingerprint density at radius 1 is 1.24 bits per heavy atom. The van der Waals surface area contributed by atoms with Crippen LogP contribution in [-0.2, 0) is 13.5 Å². The summed E-state index contributed by atoms with van der Waals surface area (Å²) in [6.45, 7) is 2.02. The van der Waals surface area contributed by atoms with E-state index in [1.807, 2.05) is 31.9 Å². The largest absolute Gasteiger partial charge is 0.311 e. The highest BCUT2D eigenvalue weighted by Gasteiger charge is 2.16. The van der Waals surface area contributed by atoms with Crippen LogP contribution in [0.25, 0.3) is 10.8 Å². The normalized spacial score (nSPS) is 12.7. The molecule has 0 spiro atoms. The quantitative estimate of drug-likeness (QED) is 0.799. The van der Waals surface area contributed by atoms with Gasteiger partial charge in [0, 0.05) is 30.7 Å². The number of pyridine rings is 1. The molecular weight excluding hydrogens is 260 g/mol. The SMILES string of the molecule is CNC(Cc1cc(C)nn1C)c1nccc2ccccc12. The van der Waals surface area contributed by atoms with Crippen molar-refractivity contribution in [3.05, 3.63) is 59.7 Å². The number of likely N-dealkylation sites (N-methyl/N-ethyl adjacent to an activating group) is 1. The molecular formula is C17H20N4. The summed E-state index contributed by atoms with van der Waals surface area (Å²) in [6, 6.07) is 12.7. The zero-order chi connectivity index (χ0) is 14.8. The molecule has 2 aromatic heterocycles. The maximum absolute atomic E-state index is 4.62. The summed E-state index contributed by atoms with van der Waals surface area (Å²) < 4.78 is 1.95. The topological polar surface area (TPSA) is 42.7 Å². The van der Waals surface area contributed by atoms with Gasteiger partial charge in [0.25, 0.3) is 0 Å². The smallest absolute Gasteiger partial charge is 0.0655 e. The van der Waals surface area contributed by atoms with Gasteiger partial charge in [0.05, 0.1) is 17.4 Å². The average molecular weight is 280 g/mol. The fourth-order valence-corrected chi connectivity index (χ4v) is 2.82. The zero-order valence-electron chi connectivity index (χ0n) is 12.7. The second-order valence-corrected chi connectivity index (χ2v) is 5.36. The molecule has 0 aliphatic heterocycles. The van der Waals surface area contributed by atoms with Gasteiger partial charge < -0.3 is 5.32 Å². The summed E-state index contributed by atoms with van der Waals surface area (Å²) in [5.41, 5.74) is 3.35. The molecule has 1 atom stereocenters. The van der Waals surface area contributed by atoms with Gasteiger partial charge in [-0.2, -0.15) is 5.10 Å². The maximum atomic E-state index is 4.62. The van der Waals surface area contributed by atoms with Crippen molar-refractivity contribution in [2.75, 3.05) is 7.05 Å². The van der Waals surface area contributed by atoms with Crippen LogP contribution < -0.4 is 5.32 Å².